The van der Waals surface area contributed by atoms with Gasteiger partial charge in [0.15, 0.2) is 0 Å². The Morgan fingerprint density at radius 1 is 0.963 bits per heavy atom. The van der Waals surface area contributed by atoms with E-state index in [0.29, 0.717) is 5.69 Å². The molecule has 5 rings (SSSR count). The molecule has 0 spiro atoms. The number of hydrogen-bond acceptors (Lipinski definition) is 2. The zero-order valence-corrected chi connectivity index (χ0v) is 14.5. The molecule has 0 amide bonds. The normalized spacial score (nSPS) is 22.3. The first kappa shape index (κ1) is 16.1. The molecular formula is C23H18FNO2. The molecule has 3 aromatic rings. The first-order valence-electron chi connectivity index (χ1n) is 9.09. The fraction of sp³-hybridized carbons (Fsp3) is 0.174. The van der Waals surface area contributed by atoms with Gasteiger partial charge in [0.2, 0.25) is 0 Å². The minimum atomic E-state index is -0.943. The molecule has 0 fully saturated rings. The average molecular weight is 359 g/mol. The van der Waals surface area contributed by atoms with Crippen LogP contribution in [-0.4, -0.2) is 11.1 Å². The summed E-state index contributed by atoms with van der Waals surface area (Å²) >= 11 is 0. The molecular weight excluding hydrogens is 341 g/mol. The summed E-state index contributed by atoms with van der Waals surface area (Å²) in [5.41, 5.74) is 5.53. The molecule has 2 N–H and O–H groups in total. The van der Waals surface area contributed by atoms with Crippen molar-refractivity contribution in [3.8, 4) is 0 Å². The number of rotatable bonds is 2. The summed E-state index contributed by atoms with van der Waals surface area (Å²) in [5.74, 6) is -0.828. The first-order valence-corrected chi connectivity index (χ1v) is 9.09. The van der Waals surface area contributed by atoms with Crippen molar-refractivity contribution in [2.45, 2.75) is 18.4 Å². The second kappa shape index (κ2) is 5.95. The van der Waals surface area contributed by atoms with E-state index >= 15 is 0 Å². The molecule has 0 aromatic heterocycles. The highest BCUT2D eigenvalue weighted by Crippen LogP contribution is 2.54. The molecule has 3 atom stereocenters. The number of carboxylic acids is 1. The lowest BCUT2D eigenvalue weighted by Crippen LogP contribution is -2.31. The molecule has 1 aliphatic heterocycles. The average Bonchev–Trinajstić information content (AvgIpc) is 3.07. The van der Waals surface area contributed by atoms with Crippen LogP contribution in [-0.2, 0) is 6.42 Å². The Kier molecular flexibility index (Phi) is 3.54. The van der Waals surface area contributed by atoms with Gasteiger partial charge in [0, 0.05) is 5.92 Å². The highest BCUT2D eigenvalue weighted by molar-refractivity contribution is 5.96. The number of benzene rings is 3. The number of hydrogen-bond donors (Lipinski definition) is 2. The van der Waals surface area contributed by atoms with Gasteiger partial charge in [-0.15, -0.1) is 0 Å². The topological polar surface area (TPSA) is 49.3 Å². The zero-order valence-electron chi connectivity index (χ0n) is 14.5. The van der Waals surface area contributed by atoms with Gasteiger partial charge in [-0.2, -0.15) is 0 Å². The van der Waals surface area contributed by atoms with Crippen LogP contribution in [0, 0.1) is 11.7 Å². The Morgan fingerprint density at radius 3 is 2.48 bits per heavy atom. The van der Waals surface area contributed by atoms with Crippen molar-refractivity contribution in [1.82, 2.24) is 0 Å². The molecule has 0 saturated heterocycles. The molecule has 27 heavy (non-hydrogen) atoms. The van der Waals surface area contributed by atoms with Crippen molar-refractivity contribution in [3.63, 3.8) is 0 Å². The van der Waals surface area contributed by atoms with E-state index in [1.165, 1.54) is 23.3 Å². The van der Waals surface area contributed by atoms with Crippen LogP contribution >= 0.6 is 0 Å². The fourth-order valence-corrected chi connectivity index (χ4v) is 4.77. The summed E-state index contributed by atoms with van der Waals surface area (Å²) in [6.45, 7) is 0. The predicted molar refractivity (Wildman–Crippen MR) is 102 cm³/mol. The number of para-hydroxylation sites is 1. The maximum atomic E-state index is 13.4. The van der Waals surface area contributed by atoms with Crippen LogP contribution in [0.4, 0.5) is 10.1 Å². The number of fused-ring (bicyclic) bond motifs is 5. The standard InChI is InChI=1S/C23H18FNO2/c24-15-10-8-13(9-11-15)21-19-12-14-4-1-2-5-16(14)20(19)17-6-3-7-18(23(26)27)22(17)25-21/h1-11,19-21,25H,12H2,(H,26,27)/t19-,20+,21-/m1/s1. The quantitative estimate of drug-likeness (QED) is 0.677. The Bertz CT molecular complexity index is 1040. The van der Waals surface area contributed by atoms with Crippen LogP contribution in [0.3, 0.4) is 0 Å². The van der Waals surface area contributed by atoms with Crippen LogP contribution < -0.4 is 5.32 Å². The van der Waals surface area contributed by atoms with E-state index in [1.807, 2.05) is 24.3 Å². The molecule has 4 heteroatoms. The third-order valence-corrected chi connectivity index (χ3v) is 5.89. The summed E-state index contributed by atoms with van der Waals surface area (Å²) in [4.78, 5) is 11.8. The molecule has 2 aliphatic rings. The maximum absolute atomic E-state index is 13.4. The van der Waals surface area contributed by atoms with Gasteiger partial charge in [-0.3, -0.25) is 0 Å². The lowest BCUT2D eigenvalue weighted by molar-refractivity contribution is 0.0697. The van der Waals surface area contributed by atoms with E-state index in [1.54, 1.807) is 18.2 Å². The summed E-state index contributed by atoms with van der Waals surface area (Å²) < 4.78 is 13.4. The summed E-state index contributed by atoms with van der Waals surface area (Å²) in [6, 6.07) is 20.3. The van der Waals surface area contributed by atoms with Crippen molar-refractivity contribution in [2.75, 3.05) is 5.32 Å². The number of aromatic carboxylic acids is 1. The Balaban J connectivity index is 1.72. The van der Waals surface area contributed by atoms with Gasteiger partial charge in [0.05, 0.1) is 17.3 Å². The van der Waals surface area contributed by atoms with E-state index in [4.69, 9.17) is 0 Å². The molecule has 3 aromatic carbocycles. The van der Waals surface area contributed by atoms with Gasteiger partial charge in [0.1, 0.15) is 5.82 Å². The van der Waals surface area contributed by atoms with Crippen LogP contribution in [0.5, 0.6) is 0 Å². The second-order valence-corrected chi connectivity index (χ2v) is 7.29. The molecule has 0 unspecified atom stereocenters. The van der Waals surface area contributed by atoms with Gasteiger partial charge in [-0.05, 0) is 52.8 Å². The first-order chi connectivity index (χ1) is 13.1. The van der Waals surface area contributed by atoms with Crippen LogP contribution in [0.2, 0.25) is 0 Å². The smallest absolute Gasteiger partial charge is 0.337 e. The van der Waals surface area contributed by atoms with Crippen LogP contribution in [0.15, 0.2) is 66.7 Å². The van der Waals surface area contributed by atoms with E-state index in [-0.39, 0.29) is 29.3 Å². The minimum Gasteiger partial charge on any atom is -0.478 e. The highest BCUT2D eigenvalue weighted by atomic mass is 19.1. The summed E-state index contributed by atoms with van der Waals surface area (Å²) in [5, 5.41) is 13.2. The van der Waals surface area contributed by atoms with Gasteiger partial charge in [-0.1, -0.05) is 48.5 Å². The van der Waals surface area contributed by atoms with Crippen molar-refractivity contribution >= 4 is 11.7 Å². The Morgan fingerprint density at radius 2 is 1.70 bits per heavy atom. The lowest BCUT2D eigenvalue weighted by atomic mass is 9.75. The van der Waals surface area contributed by atoms with Crippen LogP contribution in [0.25, 0.3) is 0 Å². The highest BCUT2D eigenvalue weighted by Gasteiger charge is 2.44. The van der Waals surface area contributed by atoms with Gasteiger partial charge in [-0.25, -0.2) is 9.18 Å². The van der Waals surface area contributed by atoms with E-state index < -0.39 is 5.97 Å². The second-order valence-electron chi connectivity index (χ2n) is 7.29. The molecule has 0 radical (unpaired) electrons. The molecule has 0 saturated carbocycles. The minimum absolute atomic E-state index is 0.0731. The monoisotopic (exact) mass is 359 g/mol. The summed E-state index contributed by atoms with van der Waals surface area (Å²) in [7, 11) is 0. The zero-order chi connectivity index (χ0) is 18.5. The third kappa shape index (κ3) is 2.44. The Labute approximate surface area is 156 Å². The Hall–Kier alpha value is -3.14. The summed E-state index contributed by atoms with van der Waals surface area (Å²) in [6.07, 6.45) is 0.909. The molecule has 1 heterocycles. The molecule has 1 aliphatic carbocycles. The van der Waals surface area contributed by atoms with Crippen molar-refractivity contribution in [1.29, 1.82) is 0 Å². The number of halogens is 1. The number of anilines is 1. The molecule has 3 nitrogen and oxygen atoms in total. The number of carbonyl (C=O) groups is 1. The van der Waals surface area contributed by atoms with E-state index in [0.717, 1.165) is 17.5 Å². The van der Waals surface area contributed by atoms with Crippen molar-refractivity contribution in [3.05, 3.63) is 100 Å². The van der Waals surface area contributed by atoms with Crippen molar-refractivity contribution < 1.29 is 14.3 Å². The van der Waals surface area contributed by atoms with Gasteiger partial charge >= 0.3 is 5.97 Å². The number of nitrogens with one attached hydrogen (secondary N) is 1. The lowest BCUT2D eigenvalue weighted by Gasteiger charge is -2.38. The van der Waals surface area contributed by atoms with Crippen molar-refractivity contribution in [2.24, 2.45) is 5.92 Å². The SMILES string of the molecule is O=C(O)c1cccc2c1N[C@H](c1ccc(F)cc1)[C@@H]1Cc3ccccc3[C@@H]21. The third-order valence-electron chi connectivity index (χ3n) is 5.89. The van der Waals surface area contributed by atoms with Gasteiger partial charge < -0.3 is 10.4 Å². The fourth-order valence-electron chi connectivity index (χ4n) is 4.77. The van der Waals surface area contributed by atoms with E-state index in [2.05, 4.69) is 17.4 Å². The van der Waals surface area contributed by atoms with Crippen LogP contribution in [0.1, 0.15) is 44.6 Å². The van der Waals surface area contributed by atoms with Gasteiger partial charge in [0.25, 0.3) is 0 Å². The maximum Gasteiger partial charge on any atom is 0.337 e. The number of carboxylic acid groups (broad SMARTS) is 1. The molecule has 134 valence electrons. The largest absolute Gasteiger partial charge is 0.478 e. The predicted octanol–water partition coefficient (Wildman–Crippen LogP) is 4.99. The molecule has 0 bridgehead atoms. The van der Waals surface area contributed by atoms with E-state index in [9.17, 15) is 14.3 Å².